The molecule has 0 amide bonds. The summed E-state index contributed by atoms with van der Waals surface area (Å²) in [6.45, 7) is 0. The second-order valence-electron chi connectivity index (χ2n) is 2.30. The first-order chi connectivity index (χ1) is 6.65. The quantitative estimate of drug-likeness (QED) is 0.648. The van der Waals surface area contributed by atoms with Crippen molar-refractivity contribution in [1.29, 1.82) is 5.26 Å². The number of carboxylic acids is 1. The van der Waals surface area contributed by atoms with Gasteiger partial charge in [0.1, 0.15) is 0 Å². The normalized spacial score (nSPS) is 9.93. The first-order valence-corrected chi connectivity index (χ1v) is 3.57. The Balaban J connectivity index is 3.14. The van der Waals surface area contributed by atoms with E-state index in [1.54, 1.807) is 6.07 Å². The number of hydrogen-bond acceptors (Lipinski definition) is 5. The molecule has 0 spiro atoms. The smallest absolute Gasteiger partial charge is 0.358 e. The third kappa shape index (κ3) is 2.04. The summed E-state index contributed by atoms with van der Waals surface area (Å²) in [7, 11) is 0. The molecule has 0 aromatic carbocycles. The minimum atomic E-state index is -1.25. The molecule has 0 fully saturated rings. The summed E-state index contributed by atoms with van der Waals surface area (Å²) >= 11 is 0. The standard InChI is InChI=1S/C8H6N4O2/c9-3-1-2-5-4-11-7(10)6(12-5)8(13)14/h1-2,4H,(H2,10,11)(H,13,14). The summed E-state index contributed by atoms with van der Waals surface area (Å²) in [6.07, 6.45) is 3.81. The number of allylic oxidation sites excluding steroid dienone is 1. The predicted octanol–water partition coefficient (Wildman–Crippen LogP) is 0.294. The number of nitrogens with two attached hydrogens (primary N) is 1. The molecule has 0 saturated heterocycles. The number of nitrogens with zero attached hydrogens (tertiary/aromatic N) is 3. The Labute approximate surface area is 79.3 Å². The van der Waals surface area contributed by atoms with E-state index in [4.69, 9.17) is 16.1 Å². The summed E-state index contributed by atoms with van der Waals surface area (Å²) < 4.78 is 0. The van der Waals surface area contributed by atoms with Crippen molar-refractivity contribution < 1.29 is 9.90 Å². The summed E-state index contributed by atoms with van der Waals surface area (Å²) in [5.74, 6) is -1.39. The summed E-state index contributed by atoms with van der Waals surface area (Å²) in [5.41, 5.74) is 5.24. The molecule has 1 aromatic heterocycles. The molecule has 0 aliphatic rings. The lowest BCUT2D eigenvalue weighted by atomic mass is 10.3. The van der Waals surface area contributed by atoms with Gasteiger partial charge in [-0.1, -0.05) is 0 Å². The van der Waals surface area contributed by atoms with Crippen molar-refractivity contribution in [2.75, 3.05) is 5.73 Å². The molecule has 14 heavy (non-hydrogen) atoms. The zero-order valence-electron chi connectivity index (χ0n) is 7.01. The zero-order chi connectivity index (χ0) is 10.6. The van der Waals surface area contributed by atoms with Crippen LogP contribution in [0.5, 0.6) is 0 Å². The molecule has 6 nitrogen and oxygen atoms in total. The van der Waals surface area contributed by atoms with E-state index in [1.807, 2.05) is 0 Å². The number of carbonyl (C=O) groups is 1. The average Bonchev–Trinajstić information content (AvgIpc) is 2.16. The lowest BCUT2D eigenvalue weighted by Crippen LogP contribution is -2.08. The minimum absolute atomic E-state index is 0.147. The molecular formula is C8H6N4O2. The molecule has 0 aliphatic carbocycles. The van der Waals surface area contributed by atoms with Gasteiger partial charge in [-0.3, -0.25) is 0 Å². The van der Waals surface area contributed by atoms with Gasteiger partial charge in [0, 0.05) is 6.08 Å². The van der Waals surface area contributed by atoms with Crippen LogP contribution in [0.1, 0.15) is 16.2 Å². The molecule has 0 atom stereocenters. The predicted molar refractivity (Wildman–Crippen MR) is 48.1 cm³/mol. The Hall–Kier alpha value is -2.42. The molecular weight excluding hydrogens is 184 g/mol. The van der Waals surface area contributed by atoms with Gasteiger partial charge in [-0.25, -0.2) is 14.8 Å². The van der Waals surface area contributed by atoms with E-state index in [9.17, 15) is 4.79 Å². The van der Waals surface area contributed by atoms with E-state index in [0.717, 1.165) is 0 Å². The molecule has 0 unspecified atom stereocenters. The molecule has 1 rings (SSSR count). The molecule has 3 N–H and O–H groups in total. The van der Waals surface area contributed by atoms with Gasteiger partial charge in [-0.05, 0) is 6.08 Å². The van der Waals surface area contributed by atoms with Gasteiger partial charge in [-0.15, -0.1) is 0 Å². The number of nitriles is 1. The maximum Gasteiger partial charge on any atom is 0.358 e. The third-order valence-electron chi connectivity index (χ3n) is 1.35. The maximum atomic E-state index is 10.6. The Kier molecular flexibility index (Phi) is 2.76. The van der Waals surface area contributed by atoms with Gasteiger partial charge in [0.15, 0.2) is 11.5 Å². The first kappa shape index (κ1) is 9.67. The van der Waals surface area contributed by atoms with E-state index in [0.29, 0.717) is 0 Å². The highest BCUT2D eigenvalue weighted by atomic mass is 16.4. The van der Waals surface area contributed by atoms with Crippen LogP contribution in [0.15, 0.2) is 12.3 Å². The number of anilines is 1. The van der Waals surface area contributed by atoms with E-state index in [-0.39, 0.29) is 17.2 Å². The van der Waals surface area contributed by atoms with Gasteiger partial charge < -0.3 is 10.8 Å². The number of hydrogen-bond donors (Lipinski definition) is 2. The molecule has 0 aliphatic heterocycles. The zero-order valence-corrected chi connectivity index (χ0v) is 7.01. The van der Waals surface area contributed by atoms with Crippen molar-refractivity contribution in [1.82, 2.24) is 9.97 Å². The van der Waals surface area contributed by atoms with Crippen LogP contribution in [0, 0.1) is 11.3 Å². The van der Waals surface area contributed by atoms with Crippen LogP contribution >= 0.6 is 0 Å². The van der Waals surface area contributed by atoms with Crippen LogP contribution in [0.2, 0.25) is 0 Å². The second-order valence-corrected chi connectivity index (χ2v) is 2.30. The molecule has 70 valence electrons. The van der Waals surface area contributed by atoms with Crippen LogP contribution in [0.3, 0.4) is 0 Å². The van der Waals surface area contributed by atoms with E-state index >= 15 is 0 Å². The molecule has 1 heterocycles. The topological polar surface area (TPSA) is 113 Å². The highest BCUT2D eigenvalue weighted by Crippen LogP contribution is 2.06. The fraction of sp³-hybridized carbons (Fsp3) is 0. The number of carboxylic acid groups (broad SMARTS) is 1. The molecule has 0 saturated carbocycles. The van der Waals surface area contributed by atoms with Gasteiger partial charge in [-0.2, -0.15) is 5.26 Å². The fourth-order valence-electron chi connectivity index (χ4n) is 0.772. The van der Waals surface area contributed by atoms with Gasteiger partial charge in [0.2, 0.25) is 0 Å². The second kappa shape index (κ2) is 4.00. The Morgan fingerprint density at radius 3 is 3.00 bits per heavy atom. The monoisotopic (exact) mass is 190 g/mol. The van der Waals surface area contributed by atoms with E-state index < -0.39 is 5.97 Å². The van der Waals surface area contributed by atoms with Crippen molar-refractivity contribution in [3.05, 3.63) is 23.7 Å². The minimum Gasteiger partial charge on any atom is -0.476 e. The van der Waals surface area contributed by atoms with Crippen molar-refractivity contribution in [3.8, 4) is 6.07 Å². The molecule has 0 bridgehead atoms. The summed E-state index contributed by atoms with van der Waals surface area (Å²) in [4.78, 5) is 17.9. The van der Waals surface area contributed by atoms with Crippen molar-refractivity contribution in [2.24, 2.45) is 0 Å². The lowest BCUT2D eigenvalue weighted by molar-refractivity contribution is 0.0691. The van der Waals surface area contributed by atoms with Crippen LogP contribution in [0.25, 0.3) is 6.08 Å². The SMILES string of the molecule is N#CC=Cc1cnc(N)c(C(=O)O)n1. The van der Waals surface area contributed by atoms with Crippen molar-refractivity contribution in [2.45, 2.75) is 0 Å². The van der Waals surface area contributed by atoms with E-state index in [1.165, 1.54) is 18.3 Å². The van der Waals surface area contributed by atoms with Crippen LogP contribution in [-0.2, 0) is 0 Å². The van der Waals surface area contributed by atoms with Gasteiger partial charge >= 0.3 is 5.97 Å². The number of aromatic nitrogens is 2. The Morgan fingerprint density at radius 1 is 1.71 bits per heavy atom. The van der Waals surface area contributed by atoms with Crippen molar-refractivity contribution in [3.63, 3.8) is 0 Å². The van der Waals surface area contributed by atoms with Gasteiger partial charge in [0.05, 0.1) is 18.0 Å². The maximum absolute atomic E-state index is 10.6. The van der Waals surface area contributed by atoms with Gasteiger partial charge in [0.25, 0.3) is 0 Å². The van der Waals surface area contributed by atoms with Crippen LogP contribution in [0.4, 0.5) is 5.82 Å². The number of rotatable bonds is 2. The van der Waals surface area contributed by atoms with Crippen LogP contribution < -0.4 is 5.73 Å². The molecule has 1 aromatic rings. The highest BCUT2D eigenvalue weighted by molar-refractivity contribution is 5.90. The first-order valence-electron chi connectivity index (χ1n) is 3.57. The molecule has 0 radical (unpaired) electrons. The van der Waals surface area contributed by atoms with Crippen LogP contribution in [-0.4, -0.2) is 21.0 Å². The Bertz CT molecular complexity index is 433. The highest BCUT2D eigenvalue weighted by Gasteiger charge is 2.10. The average molecular weight is 190 g/mol. The van der Waals surface area contributed by atoms with E-state index in [2.05, 4.69) is 9.97 Å². The largest absolute Gasteiger partial charge is 0.476 e. The lowest BCUT2D eigenvalue weighted by Gasteiger charge is -1.98. The van der Waals surface area contributed by atoms with Crippen molar-refractivity contribution >= 4 is 17.9 Å². The Morgan fingerprint density at radius 2 is 2.43 bits per heavy atom. The fourth-order valence-corrected chi connectivity index (χ4v) is 0.772. The summed E-state index contributed by atoms with van der Waals surface area (Å²) in [5, 5.41) is 16.9. The number of nitrogen functional groups attached to an aromatic ring is 1. The number of aromatic carboxylic acids is 1. The third-order valence-corrected chi connectivity index (χ3v) is 1.35. The summed E-state index contributed by atoms with van der Waals surface area (Å²) in [6, 6.07) is 1.75. The molecule has 6 heteroatoms.